The Kier molecular flexibility index (Phi) is 4.77. The molecule has 1 amide bonds. The molecule has 1 aliphatic heterocycles. The fourth-order valence-electron chi connectivity index (χ4n) is 3.64. The molecule has 0 aliphatic carbocycles. The summed E-state index contributed by atoms with van der Waals surface area (Å²) in [4.78, 5) is 22.4. The first kappa shape index (κ1) is 18.1. The molecule has 1 fully saturated rings. The van der Waals surface area contributed by atoms with Gasteiger partial charge in [-0.15, -0.1) is 0 Å². The van der Waals surface area contributed by atoms with E-state index in [0.717, 1.165) is 22.8 Å². The molecule has 144 valence electrons. The van der Waals surface area contributed by atoms with Crippen LogP contribution in [0.25, 0.3) is 5.69 Å². The van der Waals surface area contributed by atoms with E-state index < -0.39 is 0 Å². The molecular formula is C20H21FN6O. The molecule has 7 nitrogen and oxygen atoms in total. The van der Waals surface area contributed by atoms with Crippen LogP contribution in [0.4, 0.5) is 10.2 Å². The minimum absolute atomic E-state index is 0.0821. The van der Waals surface area contributed by atoms with E-state index in [-0.39, 0.29) is 23.7 Å². The molecular weight excluding hydrogens is 359 g/mol. The number of aryl methyl sites for hydroxylation is 1. The SMILES string of the molecule is Cc1cc(NC[C@@H]2CC(=O)N(C)[C@H]2c2cnn(-c3ccc(F)cc3)c2)ncn1. The molecule has 28 heavy (non-hydrogen) atoms. The highest BCUT2D eigenvalue weighted by molar-refractivity contribution is 5.79. The van der Waals surface area contributed by atoms with E-state index in [4.69, 9.17) is 0 Å². The van der Waals surface area contributed by atoms with Crippen molar-refractivity contribution >= 4 is 11.7 Å². The monoisotopic (exact) mass is 380 g/mol. The number of amides is 1. The van der Waals surface area contributed by atoms with E-state index in [9.17, 15) is 9.18 Å². The van der Waals surface area contributed by atoms with Crippen molar-refractivity contribution in [3.8, 4) is 5.69 Å². The third-order valence-corrected chi connectivity index (χ3v) is 5.08. The van der Waals surface area contributed by atoms with E-state index in [2.05, 4.69) is 20.4 Å². The third kappa shape index (κ3) is 3.58. The van der Waals surface area contributed by atoms with Crippen molar-refractivity contribution < 1.29 is 9.18 Å². The summed E-state index contributed by atoms with van der Waals surface area (Å²) < 4.78 is 14.9. The van der Waals surface area contributed by atoms with E-state index in [1.54, 1.807) is 27.9 Å². The van der Waals surface area contributed by atoms with Crippen molar-refractivity contribution in [3.05, 3.63) is 66.1 Å². The standard InChI is InChI=1S/C20H21FN6O/c1-13-7-18(24-12-23-13)22-9-14-8-19(28)26(2)20(14)15-10-25-27(11-15)17-5-3-16(21)4-6-17/h3-7,10-12,14,20H,8-9H2,1-2H3,(H,22,23,24)/t14-,20+/m0/s1. The van der Waals surface area contributed by atoms with E-state index in [1.807, 2.05) is 26.2 Å². The molecule has 0 spiro atoms. The van der Waals surface area contributed by atoms with Crippen LogP contribution in [-0.2, 0) is 4.79 Å². The first-order valence-electron chi connectivity index (χ1n) is 9.10. The van der Waals surface area contributed by atoms with Crippen molar-refractivity contribution in [1.82, 2.24) is 24.6 Å². The van der Waals surface area contributed by atoms with Gasteiger partial charge < -0.3 is 10.2 Å². The van der Waals surface area contributed by atoms with Gasteiger partial charge in [0.1, 0.15) is 18.0 Å². The van der Waals surface area contributed by atoms with Crippen LogP contribution in [0.5, 0.6) is 0 Å². The molecule has 0 bridgehead atoms. The molecule has 2 atom stereocenters. The number of carbonyl (C=O) groups is 1. The minimum Gasteiger partial charge on any atom is -0.370 e. The first-order chi connectivity index (χ1) is 13.5. The molecule has 2 aromatic heterocycles. The Morgan fingerprint density at radius 1 is 1.25 bits per heavy atom. The highest BCUT2D eigenvalue weighted by atomic mass is 19.1. The van der Waals surface area contributed by atoms with Gasteiger partial charge in [-0.1, -0.05) is 0 Å². The second-order valence-corrected chi connectivity index (χ2v) is 7.03. The smallest absolute Gasteiger partial charge is 0.223 e. The molecule has 4 rings (SSSR count). The lowest BCUT2D eigenvalue weighted by Gasteiger charge is -2.24. The van der Waals surface area contributed by atoms with Crippen LogP contribution < -0.4 is 5.32 Å². The Hall–Kier alpha value is -3.29. The summed E-state index contributed by atoms with van der Waals surface area (Å²) in [6, 6.07) is 7.94. The van der Waals surface area contributed by atoms with Gasteiger partial charge in [-0.25, -0.2) is 19.0 Å². The Balaban J connectivity index is 1.54. The average molecular weight is 380 g/mol. The zero-order chi connectivity index (χ0) is 19.7. The summed E-state index contributed by atoms with van der Waals surface area (Å²) in [7, 11) is 1.82. The molecule has 8 heteroatoms. The number of nitrogens with zero attached hydrogens (tertiary/aromatic N) is 5. The number of hydrogen-bond acceptors (Lipinski definition) is 5. The van der Waals surface area contributed by atoms with Gasteiger partial charge in [-0.3, -0.25) is 4.79 Å². The zero-order valence-electron chi connectivity index (χ0n) is 15.7. The number of likely N-dealkylation sites (tertiary alicyclic amines) is 1. The van der Waals surface area contributed by atoms with Crippen LogP contribution >= 0.6 is 0 Å². The van der Waals surface area contributed by atoms with Crippen molar-refractivity contribution in [2.75, 3.05) is 18.9 Å². The first-order valence-corrected chi connectivity index (χ1v) is 9.10. The normalized spacial score (nSPS) is 19.2. The van der Waals surface area contributed by atoms with Crippen molar-refractivity contribution in [2.24, 2.45) is 5.92 Å². The third-order valence-electron chi connectivity index (χ3n) is 5.08. The predicted octanol–water partition coefficient (Wildman–Crippen LogP) is 2.74. The van der Waals surface area contributed by atoms with Crippen LogP contribution in [0.1, 0.15) is 23.7 Å². The summed E-state index contributed by atoms with van der Waals surface area (Å²) in [6.45, 7) is 2.52. The maximum atomic E-state index is 13.2. The molecule has 3 aromatic rings. The van der Waals surface area contributed by atoms with Crippen LogP contribution in [0, 0.1) is 18.7 Å². The summed E-state index contributed by atoms with van der Waals surface area (Å²) >= 11 is 0. The number of benzene rings is 1. The summed E-state index contributed by atoms with van der Waals surface area (Å²) in [5, 5.41) is 7.71. The summed E-state index contributed by atoms with van der Waals surface area (Å²) in [5.41, 5.74) is 2.60. The molecule has 0 radical (unpaired) electrons. The quantitative estimate of drug-likeness (QED) is 0.737. The maximum absolute atomic E-state index is 13.2. The minimum atomic E-state index is -0.289. The van der Waals surface area contributed by atoms with Gasteiger partial charge in [0, 0.05) is 49.5 Å². The van der Waals surface area contributed by atoms with Crippen LogP contribution in [0.3, 0.4) is 0 Å². The Morgan fingerprint density at radius 2 is 2.04 bits per heavy atom. The molecule has 0 saturated carbocycles. The second kappa shape index (κ2) is 7.38. The fraction of sp³-hybridized carbons (Fsp3) is 0.300. The van der Waals surface area contributed by atoms with Gasteiger partial charge in [0.15, 0.2) is 0 Å². The van der Waals surface area contributed by atoms with Crippen molar-refractivity contribution in [1.29, 1.82) is 0 Å². The van der Waals surface area contributed by atoms with E-state index in [0.29, 0.717) is 13.0 Å². The van der Waals surface area contributed by atoms with Crippen LogP contribution in [-0.4, -0.2) is 44.1 Å². The number of nitrogens with one attached hydrogen (secondary N) is 1. The lowest BCUT2D eigenvalue weighted by molar-refractivity contribution is -0.127. The van der Waals surface area contributed by atoms with Gasteiger partial charge in [-0.05, 0) is 31.2 Å². The highest BCUT2D eigenvalue weighted by Crippen LogP contribution is 2.37. The molecule has 1 aromatic carbocycles. The summed E-state index contributed by atoms with van der Waals surface area (Å²) in [6.07, 6.45) is 5.65. The number of rotatable bonds is 5. The highest BCUT2D eigenvalue weighted by Gasteiger charge is 2.39. The topological polar surface area (TPSA) is 75.9 Å². The lowest BCUT2D eigenvalue weighted by Crippen LogP contribution is -2.26. The largest absolute Gasteiger partial charge is 0.370 e. The molecule has 0 unspecified atom stereocenters. The number of anilines is 1. The Labute approximate surface area is 162 Å². The molecule has 3 heterocycles. The molecule has 1 N–H and O–H groups in total. The lowest BCUT2D eigenvalue weighted by atomic mass is 9.96. The van der Waals surface area contributed by atoms with Gasteiger partial charge in [0.2, 0.25) is 5.91 Å². The van der Waals surface area contributed by atoms with E-state index >= 15 is 0 Å². The number of halogens is 1. The van der Waals surface area contributed by atoms with E-state index in [1.165, 1.54) is 18.5 Å². The Morgan fingerprint density at radius 3 is 2.79 bits per heavy atom. The summed E-state index contributed by atoms with van der Waals surface area (Å²) in [5.74, 6) is 0.641. The van der Waals surface area contributed by atoms with Gasteiger partial charge in [-0.2, -0.15) is 5.10 Å². The Bertz CT molecular complexity index is 986. The maximum Gasteiger partial charge on any atom is 0.223 e. The van der Waals surface area contributed by atoms with Crippen LogP contribution in [0.2, 0.25) is 0 Å². The van der Waals surface area contributed by atoms with Gasteiger partial charge in [0.05, 0.1) is 17.9 Å². The van der Waals surface area contributed by atoms with Gasteiger partial charge in [0.25, 0.3) is 0 Å². The second-order valence-electron chi connectivity index (χ2n) is 7.03. The predicted molar refractivity (Wildman–Crippen MR) is 102 cm³/mol. The van der Waals surface area contributed by atoms with Crippen molar-refractivity contribution in [2.45, 2.75) is 19.4 Å². The van der Waals surface area contributed by atoms with Crippen molar-refractivity contribution in [3.63, 3.8) is 0 Å². The van der Waals surface area contributed by atoms with Gasteiger partial charge >= 0.3 is 0 Å². The molecule has 1 aliphatic rings. The molecule has 1 saturated heterocycles. The number of hydrogen-bond donors (Lipinski definition) is 1. The zero-order valence-corrected chi connectivity index (χ0v) is 15.7. The fourth-order valence-corrected chi connectivity index (χ4v) is 3.64. The van der Waals surface area contributed by atoms with Crippen LogP contribution in [0.15, 0.2) is 49.1 Å². The average Bonchev–Trinajstić information content (AvgIpc) is 3.26. The number of carbonyl (C=O) groups excluding carboxylic acids is 1. The number of aromatic nitrogens is 4.